The van der Waals surface area contributed by atoms with Crippen molar-refractivity contribution in [1.82, 2.24) is 14.5 Å². The van der Waals surface area contributed by atoms with Gasteiger partial charge in [0, 0.05) is 25.4 Å². The number of nitrogens with one attached hydrogen (secondary N) is 1. The zero-order chi connectivity index (χ0) is 15.8. The summed E-state index contributed by atoms with van der Waals surface area (Å²) < 4.78 is 2.34. The Balaban J connectivity index is 2.73. The van der Waals surface area contributed by atoms with Crippen molar-refractivity contribution >= 4 is 5.91 Å². The Hall–Kier alpha value is -1.89. The number of carbonyl (C=O) groups excluding carboxylic acids is 1. The van der Waals surface area contributed by atoms with Gasteiger partial charge in [-0.25, -0.2) is 4.79 Å². The van der Waals surface area contributed by atoms with E-state index in [2.05, 4.69) is 19.2 Å². The van der Waals surface area contributed by atoms with Crippen LogP contribution in [-0.2, 0) is 17.9 Å². The molecular weight excluding hydrogens is 272 g/mol. The molecule has 0 aromatic carbocycles. The molecule has 7 nitrogen and oxygen atoms in total. The molecule has 0 aliphatic carbocycles. The Kier molecular flexibility index (Phi) is 6.87. The number of amides is 1. The Morgan fingerprint density at radius 3 is 2.71 bits per heavy atom. The van der Waals surface area contributed by atoms with E-state index < -0.39 is 5.69 Å². The highest BCUT2D eigenvalue weighted by atomic mass is 16.2. The van der Waals surface area contributed by atoms with Crippen LogP contribution in [-0.4, -0.2) is 28.1 Å². The van der Waals surface area contributed by atoms with Crippen LogP contribution in [0.4, 0.5) is 0 Å². The maximum Gasteiger partial charge on any atom is 0.331 e. The molecular formula is C14H24N4O3. The minimum Gasteiger partial charge on any atom is -0.355 e. The lowest BCUT2D eigenvalue weighted by Gasteiger charge is -2.10. The molecule has 1 aromatic heterocycles. The van der Waals surface area contributed by atoms with Crippen LogP contribution in [0.2, 0.25) is 0 Å². The van der Waals surface area contributed by atoms with Gasteiger partial charge in [0.15, 0.2) is 0 Å². The topological polar surface area (TPSA) is 99.1 Å². The highest BCUT2D eigenvalue weighted by Gasteiger charge is 2.08. The monoisotopic (exact) mass is 296 g/mol. The summed E-state index contributed by atoms with van der Waals surface area (Å²) in [5.41, 5.74) is 4.54. The van der Waals surface area contributed by atoms with Crippen LogP contribution in [0.5, 0.6) is 0 Å². The van der Waals surface area contributed by atoms with Crippen molar-refractivity contribution in [3.8, 4) is 0 Å². The van der Waals surface area contributed by atoms with Crippen LogP contribution >= 0.6 is 0 Å². The van der Waals surface area contributed by atoms with Gasteiger partial charge in [0.05, 0.1) is 0 Å². The SMILES string of the molecule is CC(C)CCNC(=O)Cn1ccc(=O)n(CCCN)c1=O. The summed E-state index contributed by atoms with van der Waals surface area (Å²) in [6, 6.07) is 1.29. The van der Waals surface area contributed by atoms with E-state index in [9.17, 15) is 14.4 Å². The van der Waals surface area contributed by atoms with E-state index >= 15 is 0 Å². The summed E-state index contributed by atoms with van der Waals surface area (Å²) in [6.45, 7) is 5.31. The molecule has 118 valence electrons. The minimum atomic E-state index is -0.477. The van der Waals surface area contributed by atoms with E-state index in [0.717, 1.165) is 11.0 Å². The number of nitrogens with two attached hydrogens (primary N) is 1. The number of nitrogens with zero attached hydrogens (tertiary/aromatic N) is 2. The van der Waals surface area contributed by atoms with Crippen molar-refractivity contribution < 1.29 is 4.79 Å². The van der Waals surface area contributed by atoms with E-state index in [1.807, 2.05) is 0 Å². The number of hydrogen-bond donors (Lipinski definition) is 2. The van der Waals surface area contributed by atoms with Crippen LogP contribution in [0.25, 0.3) is 0 Å². The van der Waals surface area contributed by atoms with Gasteiger partial charge in [0.1, 0.15) is 6.54 Å². The zero-order valence-electron chi connectivity index (χ0n) is 12.7. The first-order valence-corrected chi connectivity index (χ1v) is 7.22. The van der Waals surface area contributed by atoms with E-state index in [4.69, 9.17) is 5.73 Å². The largest absolute Gasteiger partial charge is 0.355 e. The van der Waals surface area contributed by atoms with Crippen LogP contribution in [0.3, 0.4) is 0 Å². The molecule has 1 heterocycles. The van der Waals surface area contributed by atoms with E-state index in [-0.39, 0.29) is 24.6 Å². The number of hydrogen-bond acceptors (Lipinski definition) is 4. The Bertz CT molecular complexity index is 574. The lowest BCUT2D eigenvalue weighted by atomic mass is 10.1. The predicted octanol–water partition coefficient (Wildman–Crippen LogP) is -0.479. The molecule has 0 unspecified atom stereocenters. The van der Waals surface area contributed by atoms with Gasteiger partial charge in [-0.1, -0.05) is 13.8 Å². The Morgan fingerprint density at radius 2 is 2.10 bits per heavy atom. The molecule has 0 fully saturated rings. The molecule has 1 amide bonds. The number of carbonyl (C=O) groups is 1. The van der Waals surface area contributed by atoms with Crippen molar-refractivity contribution in [3.05, 3.63) is 33.1 Å². The van der Waals surface area contributed by atoms with Gasteiger partial charge in [-0.05, 0) is 25.3 Å². The van der Waals surface area contributed by atoms with Gasteiger partial charge in [0.25, 0.3) is 5.56 Å². The van der Waals surface area contributed by atoms with Gasteiger partial charge in [-0.15, -0.1) is 0 Å². The molecule has 0 saturated heterocycles. The van der Waals surface area contributed by atoms with Gasteiger partial charge >= 0.3 is 5.69 Å². The molecule has 21 heavy (non-hydrogen) atoms. The van der Waals surface area contributed by atoms with Gasteiger partial charge in [-0.2, -0.15) is 0 Å². The minimum absolute atomic E-state index is 0.0835. The van der Waals surface area contributed by atoms with E-state index in [1.165, 1.54) is 16.8 Å². The quantitative estimate of drug-likeness (QED) is 0.677. The molecule has 7 heteroatoms. The third-order valence-electron chi connectivity index (χ3n) is 3.08. The average Bonchev–Trinajstić information content (AvgIpc) is 2.41. The second-order valence-corrected chi connectivity index (χ2v) is 5.39. The van der Waals surface area contributed by atoms with Crippen molar-refractivity contribution in [1.29, 1.82) is 0 Å². The smallest absolute Gasteiger partial charge is 0.331 e. The summed E-state index contributed by atoms with van der Waals surface area (Å²) in [5.74, 6) is 0.271. The number of aromatic nitrogens is 2. The lowest BCUT2D eigenvalue weighted by Crippen LogP contribution is -2.42. The van der Waals surface area contributed by atoms with E-state index in [1.54, 1.807) is 0 Å². The molecule has 0 spiro atoms. The first-order chi connectivity index (χ1) is 9.95. The van der Waals surface area contributed by atoms with Crippen molar-refractivity contribution in [3.63, 3.8) is 0 Å². The Morgan fingerprint density at radius 1 is 1.38 bits per heavy atom. The third-order valence-corrected chi connectivity index (χ3v) is 3.08. The third kappa shape index (κ3) is 5.55. The summed E-state index contributed by atoms with van der Waals surface area (Å²) in [6.07, 6.45) is 2.78. The summed E-state index contributed by atoms with van der Waals surface area (Å²) in [5, 5.41) is 2.76. The van der Waals surface area contributed by atoms with Crippen molar-refractivity contribution in [2.24, 2.45) is 11.7 Å². The molecule has 0 atom stereocenters. The van der Waals surface area contributed by atoms with Gasteiger partial charge in [0.2, 0.25) is 5.91 Å². The highest BCUT2D eigenvalue weighted by Crippen LogP contribution is 1.96. The Labute approximate surface area is 123 Å². The molecule has 0 saturated carbocycles. The molecule has 0 radical (unpaired) electrons. The van der Waals surface area contributed by atoms with E-state index in [0.29, 0.717) is 25.4 Å². The highest BCUT2D eigenvalue weighted by molar-refractivity contribution is 5.75. The lowest BCUT2D eigenvalue weighted by molar-refractivity contribution is -0.121. The van der Waals surface area contributed by atoms with Crippen LogP contribution in [0.1, 0.15) is 26.7 Å². The van der Waals surface area contributed by atoms with Crippen LogP contribution < -0.4 is 22.3 Å². The maximum atomic E-state index is 12.1. The molecule has 0 aliphatic heterocycles. The second kappa shape index (κ2) is 8.41. The molecule has 0 aliphatic rings. The zero-order valence-corrected chi connectivity index (χ0v) is 12.7. The van der Waals surface area contributed by atoms with Crippen molar-refractivity contribution in [2.75, 3.05) is 13.1 Å². The average molecular weight is 296 g/mol. The maximum absolute atomic E-state index is 12.1. The number of rotatable bonds is 8. The second-order valence-electron chi connectivity index (χ2n) is 5.39. The van der Waals surface area contributed by atoms with Crippen LogP contribution in [0.15, 0.2) is 21.9 Å². The predicted molar refractivity (Wildman–Crippen MR) is 81.1 cm³/mol. The molecule has 0 bridgehead atoms. The fourth-order valence-electron chi connectivity index (χ4n) is 1.84. The summed E-state index contributed by atoms with van der Waals surface area (Å²) >= 11 is 0. The van der Waals surface area contributed by atoms with Gasteiger partial charge < -0.3 is 11.1 Å². The first kappa shape index (κ1) is 17.2. The fourth-order valence-corrected chi connectivity index (χ4v) is 1.84. The summed E-state index contributed by atoms with van der Waals surface area (Å²) in [7, 11) is 0. The van der Waals surface area contributed by atoms with Crippen molar-refractivity contribution in [2.45, 2.75) is 39.8 Å². The molecule has 1 aromatic rings. The molecule has 1 rings (SSSR count). The first-order valence-electron chi connectivity index (χ1n) is 7.22. The van der Waals surface area contributed by atoms with Gasteiger partial charge in [-0.3, -0.25) is 18.7 Å². The van der Waals surface area contributed by atoms with Crippen LogP contribution in [0, 0.1) is 5.92 Å². The fraction of sp³-hybridized carbons (Fsp3) is 0.643. The summed E-state index contributed by atoms with van der Waals surface area (Å²) in [4.78, 5) is 35.5. The molecule has 3 N–H and O–H groups in total. The standard InChI is InChI=1S/C14H24N4O3/c1-11(2)4-7-16-12(19)10-17-9-5-13(20)18(14(17)21)8-3-6-15/h5,9,11H,3-4,6-8,10,15H2,1-2H3,(H,16,19). The normalized spacial score (nSPS) is 10.9.